The SMILES string of the molecule is CCOc1ccc(CN2CCN(Cc3cccc(C)c3)CC2)cc1. The lowest BCUT2D eigenvalue weighted by Crippen LogP contribution is -2.45. The van der Waals surface area contributed by atoms with E-state index >= 15 is 0 Å². The molecule has 1 aliphatic heterocycles. The Balaban J connectivity index is 1.46. The molecule has 128 valence electrons. The molecule has 1 saturated heterocycles. The summed E-state index contributed by atoms with van der Waals surface area (Å²) in [4.78, 5) is 5.10. The Hall–Kier alpha value is -1.84. The maximum absolute atomic E-state index is 5.51. The van der Waals surface area contributed by atoms with Crippen LogP contribution in [0, 0.1) is 6.92 Å². The molecule has 0 atom stereocenters. The zero-order chi connectivity index (χ0) is 16.8. The van der Waals surface area contributed by atoms with Gasteiger partial charge in [-0.15, -0.1) is 0 Å². The molecule has 0 saturated carbocycles. The van der Waals surface area contributed by atoms with Crippen LogP contribution in [0.3, 0.4) is 0 Å². The van der Waals surface area contributed by atoms with Crippen LogP contribution in [0.1, 0.15) is 23.6 Å². The monoisotopic (exact) mass is 324 g/mol. The van der Waals surface area contributed by atoms with E-state index in [0.29, 0.717) is 0 Å². The van der Waals surface area contributed by atoms with Gasteiger partial charge in [-0.1, -0.05) is 42.0 Å². The molecule has 0 unspecified atom stereocenters. The third-order valence-corrected chi connectivity index (χ3v) is 4.59. The van der Waals surface area contributed by atoms with Gasteiger partial charge in [0.1, 0.15) is 5.75 Å². The number of rotatable bonds is 6. The quantitative estimate of drug-likeness (QED) is 0.805. The first kappa shape index (κ1) is 17.0. The van der Waals surface area contributed by atoms with Crippen LogP contribution < -0.4 is 4.74 Å². The largest absolute Gasteiger partial charge is 0.494 e. The predicted molar refractivity (Wildman–Crippen MR) is 99.3 cm³/mol. The highest BCUT2D eigenvalue weighted by Crippen LogP contribution is 2.15. The average molecular weight is 324 g/mol. The van der Waals surface area contributed by atoms with Crippen LogP contribution in [0.5, 0.6) is 5.75 Å². The summed E-state index contributed by atoms with van der Waals surface area (Å²) in [7, 11) is 0. The van der Waals surface area contributed by atoms with Crippen molar-refractivity contribution < 1.29 is 4.74 Å². The van der Waals surface area contributed by atoms with Crippen LogP contribution in [0.4, 0.5) is 0 Å². The molecule has 2 aromatic rings. The van der Waals surface area contributed by atoms with Crippen LogP contribution in [-0.2, 0) is 13.1 Å². The van der Waals surface area contributed by atoms with Crippen molar-refractivity contribution in [3.05, 3.63) is 65.2 Å². The lowest BCUT2D eigenvalue weighted by atomic mass is 10.1. The van der Waals surface area contributed by atoms with Gasteiger partial charge in [0.05, 0.1) is 6.61 Å². The van der Waals surface area contributed by atoms with E-state index in [1.165, 1.54) is 16.7 Å². The predicted octanol–water partition coefficient (Wildman–Crippen LogP) is 3.71. The van der Waals surface area contributed by atoms with Gasteiger partial charge in [-0.3, -0.25) is 9.80 Å². The molecular weight excluding hydrogens is 296 g/mol. The fraction of sp³-hybridized carbons (Fsp3) is 0.429. The maximum Gasteiger partial charge on any atom is 0.119 e. The molecule has 3 heteroatoms. The number of benzene rings is 2. The van der Waals surface area contributed by atoms with Gasteiger partial charge in [-0.05, 0) is 37.1 Å². The molecule has 0 aromatic heterocycles. The highest BCUT2D eigenvalue weighted by molar-refractivity contribution is 5.27. The molecular formula is C21H28N2O. The second kappa shape index (κ2) is 8.32. The van der Waals surface area contributed by atoms with E-state index in [0.717, 1.165) is 51.6 Å². The van der Waals surface area contributed by atoms with E-state index in [-0.39, 0.29) is 0 Å². The maximum atomic E-state index is 5.51. The number of hydrogen-bond acceptors (Lipinski definition) is 3. The standard InChI is InChI=1S/C21H28N2O/c1-3-24-21-9-7-19(8-10-21)16-22-11-13-23(14-12-22)17-20-6-4-5-18(2)15-20/h4-10,15H,3,11-14,16-17H2,1-2H3. The molecule has 0 radical (unpaired) electrons. The molecule has 24 heavy (non-hydrogen) atoms. The van der Waals surface area contributed by atoms with Gasteiger partial charge in [0.15, 0.2) is 0 Å². The highest BCUT2D eigenvalue weighted by atomic mass is 16.5. The molecule has 3 nitrogen and oxygen atoms in total. The number of piperazine rings is 1. The molecule has 0 amide bonds. The molecule has 1 fully saturated rings. The van der Waals surface area contributed by atoms with Crippen LogP contribution in [-0.4, -0.2) is 42.6 Å². The summed E-state index contributed by atoms with van der Waals surface area (Å²) in [6.07, 6.45) is 0. The van der Waals surface area contributed by atoms with Crippen molar-refractivity contribution in [2.45, 2.75) is 26.9 Å². The summed E-state index contributed by atoms with van der Waals surface area (Å²) in [5.74, 6) is 0.962. The fourth-order valence-corrected chi connectivity index (χ4v) is 3.29. The van der Waals surface area contributed by atoms with Crippen molar-refractivity contribution in [1.29, 1.82) is 0 Å². The minimum atomic E-state index is 0.724. The van der Waals surface area contributed by atoms with Crippen molar-refractivity contribution in [1.82, 2.24) is 9.80 Å². The molecule has 0 aliphatic carbocycles. The Kier molecular flexibility index (Phi) is 5.89. The minimum absolute atomic E-state index is 0.724. The molecule has 3 rings (SSSR count). The minimum Gasteiger partial charge on any atom is -0.494 e. The van der Waals surface area contributed by atoms with Gasteiger partial charge < -0.3 is 4.74 Å². The Bertz CT molecular complexity index is 631. The molecule has 0 bridgehead atoms. The van der Waals surface area contributed by atoms with E-state index in [9.17, 15) is 0 Å². The molecule has 1 heterocycles. The fourth-order valence-electron chi connectivity index (χ4n) is 3.29. The summed E-state index contributed by atoms with van der Waals surface area (Å²) in [5, 5.41) is 0. The summed E-state index contributed by atoms with van der Waals surface area (Å²) in [5.41, 5.74) is 4.14. The van der Waals surface area contributed by atoms with Gasteiger partial charge in [0.25, 0.3) is 0 Å². The second-order valence-corrected chi connectivity index (χ2v) is 6.62. The third-order valence-electron chi connectivity index (χ3n) is 4.59. The van der Waals surface area contributed by atoms with E-state index in [4.69, 9.17) is 4.74 Å². The van der Waals surface area contributed by atoms with Crippen LogP contribution in [0.2, 0.25) is 0 Å². The van der Waals surface area contributed by atoms with Gasteiger partial charge in [-0.2, -0.15) is 0 Å². The first-order chi connectivity index (χ1) is 11.7. The highest BCUT2D eigenvalue weighted by Gasteiger charge is 2.17. The topological polar surface area (TPSA) is 15.7 Å². The lowest BCUT2D eigenvalue weighted by molar-refractivity contribution is 0.122. The Morgan fingerprint density at radius 2 is 1.46 bits per heavy atom. The number of ether oxygens (including phenoxy) is 1. The first-order valence-corrected chi connectivity index (χ1v) is 8.95. The normalized spacial score (nSPS) is 16.2. The molecule has 1 aliphatic rings. The van der Waals surface area contributed by atoms with Gasteiger partial charge in [-0.25, -0.2) is 0 Å². The van der Waals surface area contributed by atoms with E-state index in [2.05, 4.69) is 65.3 Å². The number of aryl methyl sites for hydroxylation is 1. The number of hydrogen-bond donors (Lipinski definition) is 0. The summed E-state index contributed by atoms with van der Waals surface area (Å²) in [6, 6.07) is 17.4. The van der Waals surface area contributed by atoms with Crippen molar-refractivity contribution in [2.75, 3.05) is 32.8 Å². The zero-order valence-corrected chi connectivity index (χ0v) is 14.9. The lowest BCUT2D eigenvalue weighted by Gasteiger charge is -2.34. The van der Waals surface area contributed by atoms with Crippen LogP contribution in [0.15, 0.2) is 48.5 Å². The summed E-state index contributed by atoms with van der Waals surface area (Å²) < 4.78 is 5.51. The zero-order valence-electron chi connectivity index (χ0n) is 14.9. The van der Waals surface area contributed by atoms with Crippen LogP contribution >= 0.6 is 0 Å². The number of nitrogens with zero attached hydrogens (tertiary/aromatic N) is 2. The molecule has 0 N–H and O–H groups in total. The summed E-state index contributed by atoms with van der Waals surface area (Å²) >= 11 is 0. The first-order valence-electron chi connectivity index (χ1n) is 8.95. The average Bonchev–Trinajstić information content (AvgIpc) is 2.59. The van der Waals surface area contributed by atoms with Gasteiger partial charge in [0, 0.05) is 39.3 Å². The van der Waals surface area contributed by atoms with Gasteiger partial charge >= 0.3 is 0 Å². The van der Waals surface area contributed by atoms with E-state index in [1.807, 2.05) is 6.92 Å². The van der Waals surface area contributed by atoms with Crippen molar-refractivity contribution in [2.24, 2.45) is 0 Å². The van der Waals surface area contributed by atoms with Crippen molar-refractivity contribution >= 4 is 0 Å². The van der Waals surface area contributed by atoms with Crippen molar-refractivity contribution in [3.63, 3.8) is 0 Å². The Labute approximate surface area is 145 Å². The van der Waals surface area contributed by atoms with Gasteiger partial charge in [0.2, 0.25) is 0 Å². The Morgan fingerprint density at radius 3 is 2.04 bits per heavy atom. The third kappa shape index (κ3) is 4.83. The summed E-state index contributed by atoms with van der Waals surface area (Å²) in [6.45, 7) is 11.6. The van der Waals surface area contributed by atoms with E-state index < -0.39 is 0 Å². The Morgan fingerprint density at radius 1 is 0.833 bits per heavy atom. The van der Waals surface area contributed by atoms with Crippen LogP contribution in [0.25, 0.3) is 0 Å². The van der Waals surface area contributed by atoms with E-state index in [1.54, 1.807) is 0 Å². The smallest absolute Gasteiger partial charge is 0.119 e. The van der Waals surface area contributed by atoms with Crippen molar-refractivity contribution in [3.8, 4) is 5.75 Å². The second-order valence-electron chi connectivity index (χ2n) is 6.62. The molecule has 0 spiro atoms. The molecule has 2 aromatic carbocycles.